The first-order valence-corrected chi connectivity index (χ1v) is 6.60. The van der Waals surface area contributed by atoms with Gasteiger partial charge in [-0.3, -0.25) is 4.79 Å². The monoisotopic (exact) mass is 261 g/mol. The van der Waals surface area contributed by atoms with Gasteiger partial charge in [0.05, 0.1) is 39.6 Å². The molecular formula is C12H25N2O4+. The van der Waals surface area contributed by atoms with Crippen molar-refractivity contribution >= 4 is 5.91 Å². The highest BCUT2D eigenvalue weighted by Gasteiger charge is 2.22. The van der Waals surface area contributed by atoms with Crippen LogP contribution >= 0.6 is 0 Å². The van der Waals surface area contributed by atoms with Crippen molar-refractivity contribution in [3.63, 3.8) is 0 Å². The van der Waals surface area contributed by atoms with Gasteiger partial charge in [0.15, 0.2) is 6.04 Å². The number of quaternary nitrogens is 1. The van der Waals surface area contributed by atoms with E-state index in [1.165, 1.54) is 0 Å². The van der Waals surface area contributed by atoms with Gasteiger partial charge >= 0.3 is 0 Å². The van der Waals surface area contributed by atoms with E-state index in [-0.39, 0.29) is 11.9 Å². The lowest BCUT2D eigenvalue weighted by atomic mass is 10.2. The molecule has 1 aliphatic heterocycles. The quantitative estimate of drug-likeness (QED) is 0.684. The van der Waals surface area contributed by atoms with Crippen LogP contribution in [0.2, 0.25) is 0 Å². The van der Waals surface area contributed by atoms with Crippen molar-refractivity contribution in [3.8, 4) is 0 Å². The third-order valence-electron chi connectivity index (χ3n) is 2.91. The summed E-state index contributed by atoms with van der Waals surface area (Å²) >= 11 is 0. The van der Waals surface area contributed by atoms with Crippen LogP contribution in [0, 0.1) is 0 Å². The van der Waals surface area contributed by atoms with E-state index < -0.39 is 0 Å². The molecule has 6 nitrogen and oxygen atoms in total. The Labute approximate surface area is 108 Å². The van der Waals surface area contributed by atoms with Gasteiger partial charge in [0.2, 0.25) is 0 Å². The number of carbonyl (C=O) groups is 1. The average molecular weight is 261 g/mol. The van der Waals surface area contributed by atoms with Crippen molar-refractivity contribution in [2.45, 2.75) is 19.4 Å². The summed E-state index contributed by atoms with van der Waals surface area (Å²) in [5.41, 5.74) is 3.87. The Hall–Kier alpha value is -0.690. The standard InChI is InChI=1S/C12H24N2O4/c1-2-11(13)12(15)14-3-5-16-7-9-18-10-8-17-6-4-14/h11H,2-10,13H2,1H3/p+1/t11-/m1/s1. The lowest BCUT2D eigenvalue weighted by Gasteiger charge is -2.24. The Morgan fingerprint density at radius 3 is 1.94 bits per heavy atom. The highest BCUT2D eigenvalue weighted by molar-refractivity contribution is 5.80. The van der Waals surface area contributed by atoms with E-state index in [9.17, 15) is 4.79 Å². The molecule has 1 heterocycles. The second kappa shape index (κ2) is 9.27. The van der Waals surface area contributed by atoms with E-state index in [0.29, 0.717) is 52.7 Å². The van der Waals surface area contributed by atoms with E-state index in [0.717, 1.165) is 6.42 Å². The smallest absolute Gasteiger partial charge is 0.280 e. The molecule has 106 valence electrons. The van der Waals surface area contributed by atoms with E-state index in [1.54, 1.807) is 4.90 Å². The molecule has 1 atom stereocenters. The lowest BCUT2D eigenvalue weighted by molar-refractivity contribution is -0.406. The summed E-state index contributed by atoms with van der Waals surface area (Å²) in [6.45, 7) is 6.48. The molecule has 1 aliphatic rings. The topological polar surface area (TPSA) is 75.6 Å². The van der Waals surface area contributed by atoms with Gasteiger partial charge in [-0.1, -0.05) is 6.92 Å². The van der Waals surface area contributed by atoms with Gasteiger partial charge in [0.25, 0.3) is 5.91 Å². The van der Waals surface area contributed by atoms with E-state index in [1.807, 2.05) is 6.92 Å². The Kier molecular flexibility index (Phi) is 7.91. The molecule has 0 spiro atoms. The Balaban J connectivity index is 2.43. The molecule has 0 radical (unpaired) electrons. The Bertz CT molecular complexity index is 226. The molecule has 0 aromatic rings. The first-order valence-electron chi connectivity index (χ1n) is 6.60. The summed E-state index contributed by atoms with van der Waals surface area (Å²) in [6.07, 6.45) is 0.755. The predicted octanol–water partition coefficient (Wildman–Crippen LogP) is -1.10. The molecule has 0 saturated carbocycles. The summed E-state index contributed by atoms with van der Waals surface area (Å²) < 4.78 is 16.1. The van der Waals surface area contributed by atoms with Crippen LogP contribution in [0.4, 0.5) is 0 Å². The molecule has 6 heteroatoms. The number of rotatable bonds is 2. The second-order valence-electron chi connectivity index (χ2n) is 4.27. The van der Waals surface area contributed by atoms with Crippen LogP contribution in [0.3, 0.4) is 0 Å². The van der Waals surface area contributed by atoms with Crippen LogP contribution in [-0.4, -0.2) is 69.6 Å². The molecule has 1 fully saturated rings. The summed E-state index contributed by atoms with van der Waals surface area (Å²) in [6, 6.07) is -0.179. The first kappa shape index (κ1) is 15.4. The van der Waals surface area contributed by atoms with Crippen LogP contribution in [0.15, 0.2) is 0 Å². The van der Waals surface area contributed by atoms with Gasteiger partial charge in [-0.25, -0.2) is 0 Å². The molecular weight excluding hydrogens is 236 g/mol. The zero-order chi connectivity index (χ0) is 13.2. The van der Waals surface area contributed by atoms with Crippen LogP contribution in [-0.2, 0) is 19.0 Å². The number of hydrogen-bond donors (Lipinski definition) is 1. The zero-order valence-corrected chi connectivity index (χ0v) is 11.2. The highest BCUT2D eigenvalue weighted by atomic mass is 16.5. The first-order chi connectivity index (χ1) is 8.75. The van der Waals surface area contributed by atoms with Gasteiger partial charge in [0, 0.05) is 19.5 Å². The molecule has 3 N–H and O–H groups in total. The maximum atomic E-state index is 12.1. The van der Waals surface area contributed by atoms with Gasteiger partial charge < -0.3 is 24.8 Å². The van der Waals surface area contributed by atoms with Crippen molar-refractivity contribution in [2.24, 2.45) is 0 Å². The summed E-state index contributed by atoms with van der Waals surface area (Å²) in [4.78, 5) is 13.9. The van der Waals surface area contributed by atoms with Crippen LogP contribution in [0.5, 0.6) is 0 Å². The maximum absolute atomic E-state index is 12.1. The van der Waals surface area contributed by atoms with Gasteiger partial charge in [-0.15, -0.1) is 0 Å². The summed E-state index contributed by atoms with van der Waals surface area (Å²) in [5, 5.41) is 0. The molecule has 1 amide bonds. The van der Waals surface area contributed by atoms with E-state index >= 15 is 0 Å². The second-order valence-corrected chi connectivity index (χ2v) is 4.27. The third-order valence-corrected chi connectivity index (χ3v) is 2.91. The predicted molar refractivity (Wildman–Crippen MR) is 66.0 cm³/mol. The van der Waals surface area contributed by atoms with Crippen molar-refractivity contribution in [1.82, 2.24) is 4.90 Å². The molecule has 1 saturated heterocycles. The zero-order valence-electron chi connectivity index (χ0n) is 11.2. The fourth-order valence-electron chi connectivity index (χ4n) is 1.66. The highest BCUT2D eigenvalue weighted by Crippen LogP contribution is 1.97. The molecule has 1 rings (SSSR count). The largest absolute Gasteiger partial charge is 0.377 e. The van der Waals surface area contributed by atoms with E-state index in [2.05, 4.69) is 5.73 Å². The minimum absolute atomic E-state index is 0.0815. The number of ether oxygens (including phenoxy) is 3. The maximum Gasteiger partial charge on any atom is 0.280 e. The molecule has 18 heavy (non-hydrogen) atoms. The molecule has 0 aromatic heterocycles. The fraction of sp³-hybridized carbons (Fsp3) is 0.917. The summed E-state index contributed by atoms with van der Waals surface area (Å²) in [7, 11) is 0. The molecule has 0 bridgehead atoms. The number of carbonyl (C=O) groups excluding carboxylic acids is 1. The van der Waals surface area contributed by atoms with Crippen molar-refractivity contribution in [1.29, 1.82) is 0 Å². The summed E-state index contributed by atoms with van der Waals surface area (Å²) in [5.74, 6) is 0.0815. The van der Waals surface area contributed by atoms with Crippen molar-refractivity contribution in [3.05, 3.63) is 0 Å². The van der Waals surface area contributed by atoms with Gasteiger partial charge in [-0.05, 0) is 0 Å². The Morgan fingerprint density at radius 1 is 1.06 bits per heavy atom. The average Bonchev–Trinajstić information content (AvgIpc) is 2.37. The number of amides is 1. The molecule has 0 aromatic carbocycles. The van der Waals surface area contributed by atoms with Crippen LogP contribution in [0.1, 0.15) is 13.3 Å². The van der Waals surface area contributed by atoms with E-state index in [4.69, 9.17) is 14.2 Å². The minimum atomic E-state index is -0.179. The molecule has 0 unspecified atom stereocenters. The van der Waals surface area contributed by atoms with Crippen molar-refractivity contribution < 1.29 is 24.7 Å². The lowest BCUT2D eigenvalue weighted by Crippen LogP contribution is -2.68. The SMILES string of the molecule is CC[C@@H]([NH3+])C(=O)N1CCOCCOCCOCC1. The van der Waals surface area contributed by atoms with Crippen LogP contribution < -0.4 is 5.73 Å². The fourth-order valence-corrected chi connectivity index (χ4v) is 1.66. The Morgan fingerprint density at radius 2 is 1.50 bits per heavy atom. The number of hydrogen-bond acceptors (Lipinski definition) is 4. The third kappa shape index (κ3) is 5.77. The van der Waals surface area contributed by atoms with Gasteiger partial charge in [-0.2, -0.15) is 0 Å². The van der Waals surface area contributed by atoms with Gasteiger partial charge in [0.1, 0.15) is 0 Å². The normalized spacial score (nSPS) is 21.8. The van der Waals surface area contributed by atoms with Crippen molar-refractivity contribution in [2.75, 3.05) is 52.7 Å². The number of nitrogens with zero attached hydrogens (tertiary/aromatic N) is 1. The molecule has 0 aliphatic carbocycles. The minimum Gasteiger partial charge on any atom is -0.377 e. The van der Waals surface area contributed by atoms with Crippen LogP contribution in [0.25, 0.3) is 0 Å².